The van der Waals surface area contributed by atoms with E-state index in [-0.39, 0.29) is 22.4 Å². The first kappa shape index (κ1) is 18.3. The van der Waals surface area contributed by atoms with Gasteiger partial charge in [-0.05, 0) is 39.8 Å². The summed E-state index contributed by atoms with van der Waals surface area (Å²) in [6.07, 6.45) is 1.54. The summed E-state index contributed by atoms with van der Waals surface area (Å²) in [4.78, 5) is 0. The van der Waals surface area contributed by atoms with Gasteiger partial charge in [-0.25, -0.2) is 13.1 Å². The van der Waals surface area contributed by atoms with Gasteiger partial charge in [-0.3, -0.25) is 4.21 Å². The Balaban J connectivity index is 2.68. The van der Waals surface area contributed by atoms with Crippen LogP contribution in [0.4, 0.5) is 0 Å². The largest absolute Gasteiger partial charge is 0.447 e. The van der Waals surface area contributed by atoms with Gasteiger partial charge in [0, 0.05) is 34.4 Å². The van der Waals surface area contributed by atoms with Gasteiger partial charge < -0.3 is 9.73 Å². The molecule has 0 fully saturated rings. The highest BCUT2D eigenvalue weighted by atomic mass is 32.2. The summed E-state index contributed by atoms with van der Waals surface area (Å²) in [7, 11) is -4.78. The van der Waals surface area contributed by atoms with Gasteiger partial charge in [0.1, 0.15) is 5.76 Å². The molecule has 0 bridgehead atoms. The first-order valence-corrected chi connectivity index (χ1v) is 9.77. The third-order valence-electron chi connectivity index (χ3n) is 2.82. The molecular formula is C13H24N2O4S2. The molecule has 0 amide bonds. The van der Waals surface area contributed by atoms with Gasteiger partial charge in [-0.2, -0.15) is 0 Å². The lowest BCUT2D eigenvalue weighted by atomic mass is 10.1. The predicted molar refractivity (Wildman–Crippen MR) is 84.0 cm³/mol. The Morgan fingerprint density at radius 1 is 1.33 bits per heavy atom. The Hall–Kier alpha value is -0.700. The third-order valence-corrected chi connectivity index (χ3v) is 5.42. The minimum absolute atomic E-state index is 0.0787. The SMILES string of the molecule is CC(CNS(=O)(=O)c1ccc(CNC(C)(C)C)o1)S(C)=O. The maximum atomic E-state index is 12.0. The minimum atomic E-state index is -3.70. The van der Waals surface area contributed by atoms with E-state index < -0.39 is 20.8 Å². The summed E-state index contributed by atoms with van der Waals surface area (Å²) >= 11 is 0. The lowest BCUT2D eigenvalue weighted by molar-refractivity contribution is 0.359. The summed E-state index contributed by atoms with van der Waals surface area (Å²) < 4.78 is 43.1. The Kier molecular flexibility index (Phi) is 6.15. The van der Waals surface area contributed by atoms with E-state index >= 15 is 0 Å². The van der Waals surface area contributed by atoms with Crippen molar-refractivity contribution < 1.29 is 17.0 Å². The van der Waals surface area contributed by atoms with Crippen LogP contribution >= 0.6 is 0 Å². The van der Waals surface area contributed by atoms with Gasteiger partial charge in [0.05, 0.1) is 6.54 Å². The van der Waals surface area contributed by atoms with Crippen LogP contribution in [-0.2, 0) is 27.4 Å². The van der Waals surface area contributed by atoms with Gasteiger partial charge in [0.15, 0.2) is 0 Å². The summed E-state index contributed by atoms with van der Waals surface area (Å²) in [5.41, 5.74) is -0.0787. The quantitative estimate of drug-likeness (QED) is 0.781. The van der Waals surface area contributed by atoms with E-state index in [9.17, 15) is 12.6 Å². The molecule has 1 aromatic rings. The summed E-state index contributed by atoms with van der Waals surface area (Å²) in [6, 6.07) is 3.06. The van der Waals surface area contributed by atoms with Crippen molar-refractivity contribution in [3.63, 3.8) is 0 Å². The smallest absolute Gasteiger partial charge is 0.273 e. The Bertz CT molecular complexity index is 588. The van der Waals surface area contributed by atoms with Crippen LogP contribution in [-0.4, -0.2) is 36.2 Å². The zero-order valence-electron chi connectivity index (χ0n) is 13.1. The first-order chi connectivity index (χ1) is 9.51. The maximum Gasteiger partial charge on any atom is 0.273 e. The molecule has 0 aliphatic heterocycles. The number of hydrogen-bond donors (Lipinski definition) is 2. The van der Waals surface area contributed by atoms with E-state index in [0.717, 1.165) is 0 Å². The zero-order valence-corrected chi connectivity index (χ0v) is 14.7. The molecule has 1 aromatic heterocycles. The number of hydrogen-bond acceptors (Lipinski definition) is 5. The number of nitrogens with one attached hydrogen (secondary N) is 2. The minimum Gasteiger partial charge on any atom is -0.447 e. The molecule has 0 radical (unpaired) electrons. The summed E-state index contributed by atoms with van der Waals surface area (Å²) in [5.74, 6) is 0.553. The van der Waals surface area contributed by atoms with Crippen molar-refractivity contribution in [3.05, 3.63) is 17.9 Å². The van der Waals surface area contributed by atoms with Crippen LogP contribution in [0.2, 0.25) is 0 Å². The van der Waals surface area contributed by atoms with E-state index in [1.54, 1.807) is 19.2 Å². The van der Waals surface area contributed by atoms with E-state index in [0.29, 0.717) is 12.3 Å². The molecule has 0 aliphatic carbocycles. The molecule has 2 N–H and O–H groups in total. The lowest BCUT2D eigenvalue weighted by Gasteiger charge is -2.19. The highest BCUT2D eigenvalue weighted by Crippen LogP contribution is 2.14. The van der Waals surface area contributed by atoms with Crippen LogP contribution in [0, 0.1) is 0 Å². The third kappa shape index (κ3) is 6.29. The topological polar surface area (TPSA) is 88.4 Å². The van der Waals surface area contributed by atoms with Gasteiger partial charge >= 0.3 is 0 Å². The monoisotopic (exact) mass is 336 g/mol. The second-order valence-electron chi connectivity index (χ2n) is 5.99. The molecular weight excluding hydrogens is 312 g/mol. The van der Waals surface area contributed by atoms with Crippen molar-refractivity contribution in [2.24, 2.45) is 0 Å². The molecule has 2 atom stereocenters. The summed E-state index contributed by atoms with van der Waals surface area (Å²) in [6.45, 7) is 8.33. The molecule has 0 saturated carbocycles. The molecule has 2 unspecified atom stereocenters. The second kappa shape index (κ2) is 7.04. The fraction of sp³-hybridized carbons (Fsp3) is 0.692. The van der Waals surface area contributed by atoms with Crippen LogP contribution in [0.3, 0.4) is 0 Å². The first-order valence-electron chi connectivity index (χ1n) is 6.67. The lowest BCUT2D eigenvalue weighted by Crippen LogP contribution is -2.35. The van der Waals surface area contributed by atoms with Gasteiger partial charge in [-0.1, -0.05) is 0 Å². The number of sulfonamides is 1. The van der Waals surface area contributed by atoms with E-state index in [1.807, 2.05) is 20.8 Å². The molecule has 0 saturated heterocycles. The molecule has 0 aromatic carbocycles. The Labute approximate surface area is 129 Å². The van der Waals surface area contributed by atoms with Crippen LogP contribution < -0.4 is 10.0 Å². The van der Waals surface area contributed by atoms with Crippen LogP contribution in [0.25, 0.3) is 0 Å². The average Bonchev–Trinajstić information content (AvgIpc) is 2.82. The average molecular weight is 336 g/mol. The van der Waals surface area contributed by atoms with Crippen molar-refractivity contribution >= 4 is 20.8 Å². The Morgan fingerprint density at radius 2 is 1.95 bits per heavy atom. The van der Waals surface area contributed by atoms with Crippen molar-refractivity contribution in [1.82, 2.24) is 10.0 Å². The van der Waals surface area contributed by atoms with Gasteiger partial charge in [0.2, 0.25) is 5.09 Å². The standard InChI is InChI=1S/C13H24N2O4S2/c1-10(20(5)16)8-15-21(17,18)12-7-6-11(19-12)9-14-13(2,3)4/h6-7,10,14-15H,8-9H2,1-5H3. The van der Waals surface area contributed by atoms with Crippen LogP contribution in [0.15, 0.2) is 21.6 Å². The normalized spacial score (nSPS) is 15.9. The van der Waals surface area contributed by atoms with E-state index in [1.165, 1.54) is 6.07 Å². The van der Waals surface area contributed by atoms with Crippen LogP contribution in [0.5, 0.6) is 0 Å². The molecule has 1 heterocycles. The number of furan rings is 1. The zero-order chi connectivity index (χ0) is 16.3. The van der Waals surface area contributed by atoms with Crippen molar-refractivity contribution in [1.29, 1.82) is 0 Å². The molecule has 8 heteroatoms. The van der Waals surface area contributed by atoms with Crippen molar-refractivity contribution in [2.45, 2.75) is 50.1 Å². The Morgan fingerprint density at radius 3 is 2.48 bits per heavy atom. The molecule has 122 valence electrons. The molecule has 1 rings (SSSR count). The van der Waals surface area contributed by atoms with Crippen molar-refractivity contribution in [3.8, 4) is 0 Å². The van der Waals surface area contributed by atoms with E-state index in [2.05, 4.69) is 10.0 Å². The molecule has 6 nitrogen and oxygen atoms in total. The van der Waals surface area contributed by atoms with Gasteiger partial charge in [0.25, 0.3) is 10.0 Å². The number of rotatable bonds is 7. The van der Waals surface area contributed by atoms with Crippen LogP contribution in [0.1, 0.15) is 33.5 Å². The van der Waals surface area contributed by atoms with E-state index in [4.69, 9.17) is 4.42 Å². The molecule has 0 aliphatic rings. The van der Waals surface area contributed by atoms with Gasteiger partial charge in [-0.15, -0.1) is 0 Å². The predicted octanol–water partition coefficient (Wildman–Crippen LogP) is 1.21. The highest BCUT2D eigenvalue weighted by Gasteiger charge is 2.20. The summed E-state index contributed by atoms with van der Waals surface area (Å²) in [5, 5.41) is 2.84. The maximum absolute atomic E-state index is 12.0. The fourth-order valence-corrected chi connectivity index (χ4v) is 2.86. The van der Waals surface area contributed by atoms with Crippen molar-refractivity contribution in [2.75, 3.05) is 12.8 Å². The molecule has 0 spiro atoms. The fourth-order valence-electron chi connectivity index (χ4n) is 1.37. The molecule has 21 heavy (non-hydrogen) atoms. The second-order valence-corrected chi connectivity index (χ2v) is 9.49. The highest BCUT2D eigenvalue weighted by molar-refractivity contribution is 7.89.